The maximum Gasteiger partial charge on any atom is 0.146 e. The van der Waals surface area contributed by atoms with Crippen LogP contribution in [0.2, 0.25) is 0 Å². The molecule has 2 aliphatic carbocycles. The van der Waals surface area contributed by atoms with Crippen molar-refractivity contribution < 1.29 is 10.2 Å². The molecular weight excluding hydrogens is 388 g/mol. The molecular formula is C25H24N4O2. The van der Waals surface area contributed by atoms with Crippen molar-refractivity contribution in [2.45, 2.75) is 31.1 Å². The van der Waals surface area contributed by atoms with E-state index in [9.17, 15) is 10.2 Å². The van der Waals surface area contributed by atoms with E-state index in [0.717, 1.165) is 40.1 Å². The molecule has 0 bridgehead atoms. The van der Waals surface area contributed by atoms with E-state index in [0.29, 0.717) is 0 Å². The second kappa shape index (κ2) is 6.64. The highest BCUT2D eigenvalue weighted by Gasteiger charge is 2.71. The fourth-order valence-electron chi connectivity index (χ4n) is 5.48. The van der Waals surface area contributed by atoms with E-state index < -0.39 is 17.7 Å². The molecule has 2 fully saturated rings. The molecule has 0 amide bonds. The Kier molecular flexibility index (Phi) is 3.97. The topological polar surface area (TPSA) is 83.2 Å². The van der Waals surface area contributed by atoms with Crippen LogP contribution in [0.15, 0.2) is 73.2 Å². The van der Waals surface area contributed by atoms with Crippen molar-refractivity contribution in [1.82, 2.24) is 14.5 Å². The Morgan fingerprint density at radius 3 is 2.39 bits per heavy atom. The van der Waals surface area contributed by atoms with Crippen LogP contribution in [0, 0.1) is 11.8 Å². The summed E-state index contributed by atoms with van der Waals surface area (Å²) >= 11 is 0. The molecule has 0 saturated heterocycles. The predicted molar refractivity (Wildman–Crippen MR) is 120 cm³/mol. The number of hydrogen-bond acceptors (Lipinski definition) is 5. The summed E-state index contributed by atoms with van der Waals surface area (Å²) in [4.78, 5) is 9.22. The van der Waals surface area contributed by atoms with Gasteiger partial charge in [-0.05, 0) is 36.0 Å². The quantitative estimate of drug-likeness (QED) is 0.473. The smallest absolute Gasteiger partial charge is 0.146 e. The van der Waals surface area contributed by atoms with Crippen LogP contribution in [0.5, 0.6) is 0 Å². The van der Waals surface area contributed by atoms with E-state index in [1.807, 2.05) is 55.5 Å². The number of nitrogens with one attached hydrogen (secondary N) is 1. The van der Waals surface area contributed by atoms with Crippen LogP contribution in [0.4, 0.5) is 11.5 Å². The molecule has 4 aromatic rings. The number of para-hydroxylation sites is 1. The average Bonchev–Trinajstić information content (AvgIpc) is 3.39. The highest BCUT2D eigenvalue weighted by atomic mass is 16.3. The van der Waals surface area contributed by atoms with Gasteiger partial charge in [-0.15, -0.1) is 0 Å². The van der Waals surface area contributed by atoms with E-state index in [1.165, 1.54) is 0 Å². The van der Waals surface area contributed by atoms with Gasteiger partial charge in [-0.2, -0.15) is 0 Å². The second-order valence-corrected chi connectivity index (χ2v) is 8.79. The van der Waals surface area contributed by atoms with Gasteiger partial charge in [-0.3, -0.25) is 0 Å². The highest BCUT2D eigenvalue weighted by molar-refractivity contribution is 6.02. The molecule has 2 heterocycles. The summed E-state index contributed by atoms with van der Waals surface area (Å²) < 4.78 is 2.10. The molecule has 2 aromatic heterocycles. The number of aliphatic hydroxyl groups is 2. The van der Waals surface area contributed by atoms with Crippen LogP contribution in [0.1, 0.15) is 13.3 Å². The molecule has 6 rings (SSSR count). The molecule has 2 aliphatic rings. The standard InChI is InChI=1S/C25H24N4O2/c1-15-19-12-25(19,22(31)21(15)30)29-13-18(16-8-4-2-5-9-16)20-23(26-14-27-24(20)29)28-17-10-6-3-7-11-17/h2-11,13-15,19,21-22,30-31H,12H2,1H3,(H,26,27,28)/t15-,19-,21-,22-,25+/m0/s1. The minimum atomic E-state index is -0.813. The molecule has 6 heteroatoms. The van der Waals surface area contributed by atoms with E-state index in [-0.39, 0.29) is 11.8 Å². The zero-order valence-corrected chi connectivity index (χ0v) is 17.2. The van der Waals surface area contributed by atoms with Gasteiger partial charge in [0.2, 0.25) is 0 Å². The lowest BCUT2D eigenvalue weighted by Crippen LogP contribution is -2.37. The SMILES string of the molecule is C[C@@H]1[C@H](O)[C@H](O)[C@@]2(n3cc(-c4ccccc4)c4c(Nc5ccccc5)ncnc43)C[C@@H]12. The van der Waals surface area contributed by atoms with Crippen molar-refractivity contribution in [1.29, 1.82) is 0 Å². The van der Waals surface area contributed by atoms with Crippen LogP contribution in [0.25, 0.3) is 22.2 Å². The van der Waals surface area contributed by atoms with Crippen LogP contribution < -0.4 is 5.32 Å². The summed E-state index contributed by atoms with van der Waals surface area (Å²) in [7, 11) is 0. The Morgan fingerprint density at radius 1 is 1.00 bits per heavy atom. The summed E-state index contributed by atoms with van der Waals surface area (Å²) in [6.45, 7) is 2.02. The molecule has 156 valence electrons. The fourth-order valence-corrected chi connectivity index (χ4v) is 5.48. The third-order valence-electron chi connectivity index (χ3n) is 7.19. The van der Waals surface area contributed by atoms with Crippen molar-refractivity contribution in [3.05, 3.63) is 73.2 Å². The molecule has 31 heavy (non-hydrogen) atoms. The summed E-state index contributed by atoms with van der Waals surface area (Å²) in [5.74, 6) is 1.01. The normalized spacial score (nSPS) is 29.1. The van der Waals surface area contributed by atoms with Gasteiger partial charge in [0.25, 0.3) is 0 Å². The fraction of sp³-hybridized carbons (Fsp3) is 0.280. The van der Waals surface area contributed by atoms with Crippen molar-refractivity contribution in [3.63, 3.8) is 0 Å². The number of fused-ring (bicyclic) bond motifs is 2. The number of hydrogen-bond donors (Lipinski definition) is 3. The first-order valence-electron chi connectivity index (χ1n) is 10.7. The molecule has 0 aliphatic heterocycles. The lowest BCUT2D eigenvalue weighted by molar-refractivity contribution is -0.0138. The van der Waals surface area contributed by atoms with E-state index in [1.54, 1.807) is 6.33 Å². The Hall–Kier alpha value is -3.22. The number of benzene rings is 2. The molecule has 0 spiro atoms. The van der Waals surface area contributed by atoms with Gasteiger partial charge in [-0.25, -0.2) is 9.97 Å². The summed E-state index contributed by atoms with van der Waals surface area (Å²) in [5.41, 5.74) is 3.28. The van der Waals surface area contributed by atoms with Crippen LogP contribution >= 0.6 is 0 Å². The minimum absolute atomic E-state index is 0.0522. The van der Waals surface area contributed by atoms with Crippen LogP contribution in [0.3, 0.4) is 0 Å². The largest absolute Gasteiger partial charge is 0.390 e. The van der Waals surface area contributed by atoms with Gasteiger partial charge < -0.3 is 20.1 Å². The van der Waals surface area contributed by atoms with Gasteiger partial charge >= 0.3 is 0 Å². The summed E-state index contributed by atoms with van der Waals surface area (Å²) in [6.07, 6.45) is 2.95. The maximum atomic E-state index is 11.0. The van der Waals surface area contributed by atoms with Gasteiger partial charge in [0.15, 0.2) is 0 Å². The molecule has 0 radical (unpaired) electrons. The van der Waals surface area contributed by atoms with Crippen molar-refractivity contribution in [2.24, 2.45) is 11.8 Å². The van der Waals surface area contributed by atoms with Gasteiger partial charge in [0.1, 0.15) is 23.9 Å². The molecule has 0 unspecified atom stereocenters. The van der Waals surface area contributed by atoms with Crippen molar-refractivity contribution in [3.8, 4) is 11.1 Å². The third kappa shape index (κ3) is 2.58. The Morgan fingerprint density at radius 2 is 1.71 bits per heavy atom. The number of anilines is 2. The van der Waals surface area contributed by atoms with Crippen LogP contribution in [-0.2, 0) is 5.54 Å². The van der Waals surface area contributed by atoms with E-state index >= 15 is 0 Å². The summed E-state index contributed by atoms with van der Waals surface area (Å²) in [6, 6.07) is 20.1. The van der Waals surface area contributed by atoms with Gasteiger partial charge in [0, 0.05) is 17.4 Å². The monoisotopic (exact) mass is 412 g/mol. The van der Waals surface area contributed by atoms with Crippen LogP contribution in [-0.4, -0.2) is 37.0 Å². The third-order valence-corrected chi connectivity index (χ3v) is 7.19. The van der Waals surface area contributed by atoms with Gasteiger partial charge in [-0.1, -0.05) is 55.5 Å². The van der Waals surface area contributed by atoms with E-state index in [2.05, 4.69) is 38.2 Å². The zero-order chi connectivity index (χ0) is 21.2. The first-order chi connectivity index (χ1) is 15.1. The minimum Gasteiger partial charge on any atom is -0.390 e. The Labute approximate surface area is 180 Å². The van der Waals surface area contributed by atoms with E-state index in [4.69, 9.17) is 0 Å². The highest BCUT2D eigenvalue weighted by Crippen LogP contribution is 2.65. The zero-order valence-electron chi connectivity index (χ0n) is 17.2. The number of nitrogens with zero attached hydrogens (tertiary/aromatic N) is 3. The van der Waals surface area contributed by atoms with Crippen molar-refractivity contribution in [2.75, 3.05) is 5.32 Å². The molecule has 2 aromatic carbocycles. The molecule has 5 atom stereocenters. The molecule has 6 nitrogen and oxygen atoms in total. The maximum absolute atomic E-state index is 11.0. The first kappa shape index (κ1) is 18.5. The Bertz CT molecular complexity index is 1250. The number of aliphatic hydroxyl groups excluding tert-OH is 2. The van der Waals surface area contributed by atoms with Crippen molar-refractivity contribution >= 4 is 22.5 Å². The second-order valence-electron chi connectivity index (χ2n) is 8.79. The summed E-state index contributed by atoms with van der Waals surface area (Å²) in [5, 5.41) is 25.9. The first-order valence-corrected chi connectivity index (χ1v) is 10.7. The lowest BCUT2D eigenvalue weighted by atomic mass is 10.0. The predicted octanol–water partition coefficient (Wildman–Crippen LogP) is 3.93. The average molecular weight is 412 g/mol. The number of rotatable bonds is 4. The number of aromatic nitrogens is 3. The molecule has 3 N–H and O–H groups in total. The lowest BCUT2D eigenvalue weighted by Gasteiger charge is -2.24. The Balaban J connectivity index is 1.58. The molecule has 2 saturated carbocycles. The van der Waals surface area contributed by atoms with Gasteiger partial charge in [0.05, 0.1) is 17.0 Å².